The van der Waals surface area contributed by atoms with Crippen molar-refractivity contribution in [2.45, 2.75) is 0 Å². The Balaban J connectivity index is 2.80. The summed E-state index contributed by atoms with van der Waals surface area (Å²) in [5.74, 6) is 0.494. The Bertz CT molecular complexity index is 389. The Morgan fingerprint density at radius 1 is 1.27 bits per heavy atom. The van der Waals surface area contributed by atoms with Gasteiger partial charge in [0.05, 0.1) is 6.89 Å². The van der Waals surface area contributed by atoms with Gasteiger partial charge in [0, 0.05) is 5.39 Å². The Kier molecular flexibility index (Phi) is 1.04. The maximum absolute atomic E-state index is 7.37. The molecule has 0 aliphatic heterocycles. The van der Waals surface area contributed by atoms with Crippen molar-refractivity contribution in [3.8, 4) is 0 Å². The van der Waals surface area contributed by atoms with Crippen LogP contribution in [0.1, 0.15) is 1.37 Å². The van der Waals surface area contributed by atoms with Gasteiger partial charge in [-0.25, -0.2) is 4.98 Å². The van der Waals surface area contributed by atoms with Crippen LogP contribution < -0.4 is 5.73 Å². The third-order valence-electron chi connectivity index (χ3n) is 1.56. The summed E-state index contributed by atoms with van der Waals surface area (Å²) in [6.07, 6.45) is 0. The first-order valence-corrected chi connectivity index (χ1v) is 3.38. The SMILES string of the molecule is [2H]c1ccc2ccc(N)nc2c1. The first-order valence-electron chi connectivity index (χ1n) is 3.88. The summed E-state index contributed by atoms with van der Waals surface area (Å²) in [5.41, 5.74) is 6.28. The van der Waals surface area contributed by atoms with Gasteiger partial charge in [0.15, 0.2) is 0 Å². The molecule has 1 aromatic heterocycles. The molecule has 0 fully saturated rings. The number of hydrogen-bond donors (Lipinski definition) is 1. The Labute approximate surface area is 66.1 Å². The number of nitrogens with zero attached hydrogens (tertiary/aromatic N) is 1. The van der Waals surface area contributed by atoms with Gasteiger partial charge >= 0.3 is 0 Å². The molecule has 0 amide bonds. The van der Waals surface area contributed by atoms with E-state index >= 15 is 0 Å². The standard InChI is InChI=1S/C9H8N2/c10-9-6-5-7-3-1-2-4-8(7)11-9/h1-6H,(H2,10,11)/i2D. The lowest BCUT2D eigenvalue weighted by molar-refractivity contribution is 1.42. The number of para-hydroxylation sites is 1. The summed E-state index contributed by atoms with van der Waals surface area (Å²) < 4.78 is 7.37. The highest BCUT2D eigenvalue weighted by atomic mass is 14.8. The van der Waals surface area contributed by atoms with E-state index in [2.05, 4.69) is 4.98 Å². The molecule has 11 heavy (non-hydrogen) atoms. The van der Waals surface area contributed by atoms with Crippen molar-refractivity contribution >= 4 is 16.7 Å². The summed E-state index contributed by atoms with van der Waals surface area (Å²) in [5, 5.41) is 1.01. The van der Waals surface area contributed by atoms with E-state index in [0.29, 0.717) is 11.9 Å². The molecule has 0 spiro atoms. The molecule has 0 atom stereocenters. The van der Waals surface area contributed by atoms with Gasteiger partial charge in [0.25, 0.3) is 0 Å². The molecule has 2 aromatic rings. The third kappa shape index (κ3) is 1.03. The van der Waals surface area contributed by atoms with Gasteiger partial charge in [-0.3, -0.25) is 0 Å². The second kappa shape index (κ2) is 2.23. The van der Waals surface area contributed by atoms with Crippen LogP contribution in [0.4, 0.5) is 5.82 Å². The third-order valence-corrected chi connectivity index (χ3v) is 1.56. The summed E-state index contributed by atoms with van der Waals surface area (Å²) in [6.45, 7) is 0. The molecular weight excluding hydrogens is 136 g/mol. The maximum Gasteiger partial charge on any atom is 0.124 e. The fourth-order valence-corrected chi connectivity index (χ4v) is 1.02. The molecule has 0 radical (unpaired) electrons. The van der Waals surface area contributed by atoms with Crippen molar-refractivity contribution in [2.24, 2.45) is 0 Å². The molecular formula is C9H8N2. The number of pyridine rings is 1. The van der Waals surface area contributed by atoms with E-state index < -0.39 is 0 Å². The van der Waals surface area contributed by atoms with Crippen molar-refractivity contribution < 1.29 is 1.37 Å². The minimum absolute atomic E-state index is 0.459. The van der Waals surface area contributed by atoms with Crippen molar-refractivity contribution in [2.75, 3.05) is 5.73 Å². The van der Waals surface area contributed by atoms with Gasteiger partial charge in [0.2, 0.25) is 0 Å². The highest BCUT2D eigenvalue weighted by molar-refractivity contribution is 5.79. The Morgan fingerprint density at radius 3 is 3.09 bits per heavy atom. The molecule has 1 heterocycles. The largest absolute Gasteiger partial charge is 0.384 e. The van der Waals surface area contributed by atoms with Crippen LogP contribution in [0, 0.1) is 0 Å². The normalized spacial score (nSPS) is 11.5. The number of hydrogen-bond acceptors (Lipinski definition) is 2. The van der Waals surface area contributed by atoms with E-state index in [1.807, 2.05) is 12.1 Å². The van der Waals surface area contributed by atoms with Gasteiger partial charge in [0.1, 0.15) is 5.82 Å². The molecule has 0 aliphatic rings. The zero-order chi connectivity index (χ0) is 8.55. The van der Waals surface area contributed by atoms with Gasteiger partial charge in [-0.2, -0.15) is 0 Å². The second-order valence-electron chi connectivity index (χ2n) is 2.35. The Morgan fingerprint density at radius 2 is 2.18 bits per heavy atom. The van der Waals surface area contributed by atoms with Crippen molar-refractivity contribution in [3.05, 3.63) is 36.4 Å². The first-order chi connectivity index (χ1) is 5.75. The minimum Gasteiger partial charge on any atom is -0.384 e. The zero-order valence-electron chi connectivity index (χ0n) is 6.91. The van der Waals surface area contributed by atoms with Gasteiger partial charge in [-0.1, -0.05) is 18.2 Å². The van der Waals surface area contributed by atoms with Gasteiger partial charge in [-0.05, 0) is 18.2 Å². The Hall–Kier alpha value is -1.57. The predicted molar refractivity (Wildman–Crippen MR) is 46.2 cm³/mol. The molecule has 0 unspecified atom stereocenters. The van der Waals surface area contributed by atoms with Crippen LogP contribution in [-0.2, 0) is 0 Å². The maximum atomic E-state index is 7.37. The summed E-state index contributed by atoms with van der Waals surface area (Å²) >= 11 is 0. The molecule has 54 valence electrons. The summed E-state index contributed by atoms with van der Waals surface area (Å²) in [4.78, 5) is 4.09. The second-order valence-corrected chi connectivity index (χ2v) is 2.35. The smallest absolute Gasteiger partial charge is 0.124 e. The summed E-state index contributed by atoms with van der Waals surface area (Å²) in [7, 11) is 0. The minimum atomic E-state index is 0.459. The lowest BCUT2D eigenvalue weighted by atomic mass is 10.2. The molecule has 2 N–H and O–H groups in total. The topological polar surface area (TPSA) is 38.9 Å². The van der Waals surface area contributed by atoms with E-state index in [1.165, 1.54) is 0 Å². The molecule has 0 bridgehead atoms. The van der Waals surface area contributed by atoms with E-state index in [0.717, 1.165) is 10.9 Å². The lowest BCUT2D eigenvalue weighted by Gasteiger charge is -1.95. The quantitative estimate of drug-likeness (QED) is 0.614. The van der Waals surface area contributed by atoms with Gasteiger partial charge in [-0.15, -0.1) is 0 Å². The number of anilines is 1. The van der Waals surface area contributed by atoms with Crippen LogP contribution in [-0.4, -0.2) is 4.98 Å². The average Bonchev–Trinajstić information content (AvgIpc) is 2.03. The molecule has 2 nitrogen and oxygen atoms in total. The van der Waals surface area contributed by atoms with Crippen LogP contribution in [0.3, 0.4) is 0 Å². The van der Waals surface area contributed by atoms with Crippen LogP contribution in [0.15, 0.2) is 36.4 Å². The molecule has 0 aliphatic carbocycles. The molecule has 0 saturated carbocycles. The highest BCUT2D eigenvalue weighted by Crippen LogP contribution is 2.11. The van der Waals surface area contributed by atoms with Crippen LogP contribution in [0.5, 0.6) is 0 Å². The fourth-order valence-electron chi connectivity index (χ4n) is 1.02. The fraction of sp³-hybridized carbons (Fsp3) is 0. The first kappa shape index (κ1) is 5.13. The van der Waals surface area contributed by atoms with E-state index in [9.17, 15) is 0 Å². The number of nitrogen functional groups attached to an aromatic ring is 1. The number of aromatic nitrogens is 1. The van der Waals surface area contributed by atoms with Crippen molar-refractivity contribution in [1.29, 1.82) is 0 Å². The lowest BCUT2D eigenvalue weighted by Crippen LogP contribution is -1.88. The van der Waals surface area contributed by atoms with Crippen LogP contribution in [0.2, 0.25) is 0 Å². The number of benzene rings is 1. The predicted octanol–water partition coefficient (Wildman–Crippen LogP) is 1.82. The summed E-state index contributed by atoms with van der Waals surface area (Å²) in [6, 6.07) is 9.42. The number of rotatable bonds is 0. The van der Waals surface area contributed by atoms with E-state index in [4.69, 9.17) is 7.10 Å². The number of fused-ring (bicyclic) bond motifs is 1. The van der Waals surface area contributed by atoms with Gasteiger partial charge < -0.3 is 5.73 Å². The highest BCUT2D eigenvalue weighted by Gasteiger charge is 1.91. The van der Waals surface area contributed by atoms with Crippen LogP contribution >= 0.6 is 0 Å². The molecule has 2 rings (SSSR count). The van der Waals surface area contributed by atoms with E-state index in [-0.39, 0.29) is 0 Å². The van der Waals surface area contributed by atoms with Crippen molar-refractivity contribution in [1.82, 2.24) is 4.98 Å². The molecule has 0 saturated heterocycles. The zero-order valence-corrected chi connectivity index (χ0v) is 5.91. The average molecular weight is 145 g/mol. The molecule has 1 aromatic carbocycles. The van der Waals surface area contributed by atoms with E-state index in [1.54, 1.807) is 18.2 Å². The van der Waals surface area contributed by atoms with Crippen molar-refractivity contribution in [3.63, 3.8) is 0 Å². The monoisotopic (exact) mass is 145 g/mol. The molecule has 2 heteroatoms. The van der Waals surface area contributed by atoms with Crippen LogP contribution in [0.25, 0.3) is 10.9 Å². The number of nitrogens with two attached hydrogens (primary N) is 1.